The molecule has 0 unspecified atom stereocenters. The van der Waals surface area contributed by atoms with Crippen LogP contribution in [0.15, 0.2) is 54.6 Å². The van der Waals surface area contributed by atoms with Crippen molar-refractivity contribution in [2.75, 3.05) is 33.1 Å². The monoisotopic (exact) mass is 482 g/mol. The van der Waals surface area contributed by atoms with E-state index >= 15 is 0 Å². The van der Waals surface area contributed by atoms with E-state index in [0.29, 0.717) is 44.0 Å². The summed E-state index contributed by atoms with van der Waals surface area (Å²) in [6.45, 7) is 1.06. The predicted octanol–water partition coefficient (Wildman–Crippen LogP) is 3.29. The van der Waals surface area contributed by atoms with Crippen LogP contribution in [0.5, 0.6) is 11.5 Å². The fourth-order valence-corrected chi connectivity index (χ4v) is 5.86. The van der Waals surface area contributed by atoms with Crippen molar-refractivity contribution < 1.29 is 22.7 Å². The lowest BCUT2D eigenvalue weighted by molar-refractivity contribution is -0.120. The maximum absolute atomic E-state index is 12.9. The summed E-state index contributed by atoms with van der Waals surface area (Å²) in [5, 5.41) is 5.02. The van der Waals surface area contributed by atoms with Crippen LogP contribution in [0.3, 0.4) is 0 Å². The van der Waals surface area contributed by atoms with Crippen molar-refractivity contribution >= 4 is 26.7 Å². The van der Waals surface area contributed by atoms with Crippen molar-refractivity contribution in [3.8, 4) is 11.5 Å². The Morgan fingerprint density at radius 1 is 1.00 bits per heavy atom. The highest BCUT2D eigenvalue weighted by Crippen LogP contribution is 2.33. The minimum Gasteiger partial charge on any atom is -0.493 e. The highest BCUT2D eigenvalue weighted by molar-refractivity contribution is 7.89. The zero-order valence-corrected chi connectivity index (χ0v) is 20.4. The third kappa shape index (κ3) is 5.34. The van der Waals surface area contributed by atoms with Crippen LogP contribution in [0.2, 0.25) is 0 Å². The molecule has 8 heteroatoms. The van der Waals surface area contributed by atoms with Gasteiger partial charge in [0.2, 0.25) is 15.9 Å². The summed E-state index contributed by atoms with van der Waals surface area (Å²) in [5.74, 6) is 1.12. The van der Waals surface area contributed by atoms with Gasteiger partial charge in [-0.25, -0.2) is 8.42 Å². The van der Waals surface area contributed by atoms with Crippen LogP contribution in [-0.2, 0) is 34.2 Å². The highest BCUT2D eigenvalue weighted by atomic mass is 32.2. The minimum atomic E-state index is -3.44. The molecule has 4 rings (SSSR count). The number of hydrogen-bond acceptors (Lipinski definition) is 5. The molecule has 0 aromatic heterocycles. The Morgan fingerprint density at radius 2 is 1.71 bits per heavy atom. The molecule has 1 heterocycles. The van der Waals surface area contributed by atoms with E-state index < -0.39 is 10.0 Å². The smallest absolute Gasteiger partial charge is 0.224 e. The summed E-state index contributed by atoms with van der Waals surface area (Å²) in [5.41, 5.74) is 2.96. The van der Waals surface area contributed by atoms with Gasteiger partial charge in [-0.05, 0) is 52.4 Å². The molecule has 3 aromatic carbocycles. The average molecular weight is 483 g/mol. The number of carbonyl (C=O) groups excluding carboxylic acids is 1. The lowest BCUT2D eigenvalue weighted by Crippen LogP contribution is -2.38. The largest absolute Gasteiger partial charge is 0.493 e. The Hall–Kier alpha value is -3.10. The van der Waals surface area contributed by atoms with E-state index in [1.807, 2.05) is 54.6 Å². The number of nitrogens with zero attached hydrogens (tertiary/aromatic N) is 1. The second kappa shape index (κ2) is 10.4. The first-order valence-electron chi connectivity index (χ1n) is 11.4. The van der Waals surface area contributed by atoms with Gasteiger partial charge in [0.25, 0.3) is 0 Å². The number of amides is 1. The van der Waals surface area contributed by atoms with Gasteiger partial charge in [-0.2, -0.15) is 4.31 Å². The number of ether oxygens (including phenoxy) is 2. The molecule has 0 radical (unpaired) electrons. The zero-order valence-electron chi connectivity index (χ0n) is 19.5. The van der Waals surface area contributed by atoms with Crippen LogP contribution in [0.25, 0.3) is 10.8 Å². The van der Waals surface area contributed by atoms with E-state index in [0.717, 1.165) is 27.5 Å². The molecule has 0 spiro atoms. The Morgan fingerprint density at radius 3 is 2.47 bits per heavy atom. The second-order valence-electron chi connectivity index (χ2n) is 8.39. The first-order chi connectivity index (χ1) is 16.4. The van der Waals surface area contributed by atoms with E-state index in [1.165, 1.54) is 4.31 Å². The topological polar surface area (TPSA) is 84.9 Å². The molecule has 0 saturated carbocycles. The molecular weight excluding hydrogens is 452 g/mol. The Labute approximate surface area is 200 Å². The lowest BCUT2D eigenvalue weighted by atomic mass is 10.0. The maximum Gasteiger partial charge on any atom is 0.224 e. The van der Waals surface area contributed by atoms with Crippen LogP contribution >= 0.6 is 0 Å². The SMILES string of the molecule is COc1cc2c(cc1OC)CN(S(=O)(=O)CCCNC(=O)Cc1cccc3ccccc13)CC2. The van der Waals surface area contributed by atoms with Crippen molar-refractivity contribution in [3.05, 3.63) is 71.3 Å². The average Bonchev–Trinajstić information content (AvgIpc) is 2.85. The lowest BCUT2D eigenvalue weighted by Gasteiger charge is -2.29. The van der Waals surface area contributed by atoms with Gasteiger partial charge in [-0.15, -0.1) is 0 Å². The van der Waals surface area contributed by atoms with Gasteiger partial charge < -0.3 is 14.8 Å². The molecule has 1 N–H and O–H groups in total. The first-order valence-corrected chi connectivity index (χ1v) is 13.0. The molecule has 1 amide bonds. The summed E-state index contributed by atoms with van der Waals surface area (Å²) in [6.07, 6.45) is 1.25. The molecule has 0 fully saturated rings. The normalized spacial score (nSPS) is 13.9. The molecular formula is C26H30N2O5S. The van der Waals surface area contributed by atoms with E-state index in [2.05, 4.69) is 5.32 Å². The molecule has 0 saturated heterocycles. The maximum atomic E-state index is 12.9. The van der Waals surface area contributed by atoms with E-state index in [4.69, 9.17) is 9.47 Å². The van der Waals surface area contributed by atoms with Crippen molar-refractivity contribution in [3.63, 3.8) is 0 Å². The second-order valence-corrected chi connectivity index (χ2v) is 10.5. The van der Waals surface area contributed by atoms with Gasteiger partial charge in [0.1, 0.15) is 0 Å². The van der Waals surface area contributed by atoms with Crippen LogP contribution in [0.4, 0.5) is 0 Å². The fraction of sp³-hybridized carbons (Fsp3) is 0.346. The third-order valence-corrected chi connectivity index (χ3v) is 8.11. The molecule has 3 aromatic rings. The van der Waals surface area contributed by atoms with Gasteiger partial charge in [0.05, 0.1) is 26.4 Å². The minimum absolute atomic E-state index is 0.00975. The van der Waals surface area contributed by atoms with Crippen LogP contribution in [0, 0.1) is 0 Å². The van der Waals surface area contributed by atoms with Crippen LogP contribution in [-0.4, -0.2) is 51.7 Å². The standard InChI is InChI=1S/C26H30N2O5S/c1-32-24-15-20-11-13-28(18-22(20)16-25(24)33-2)34(30,31)14-6-12-27-26(29)17-21-9-5-8-19-7-3-4-10-23(19)21/h3-5,7-10,15-16H,6,11-14,17-18H2,1-2H3,(H,27,29). The Bertz CT molecular complexity index is 1280. The Kier molecular flexibility index (Phi) is 7.38. The van der Waals surface area contributed by atoms with Crippen LogP contribution in [0.1, 0.15) is 23.1 Å². The summed E-state index contributed by atoms with van der Waals surface area (Å²) in [7, 11) is -0.283. The molecule has 0 aliphatic carbocycles. The zero-order chi connectivity index (χ0) is 24.1. The highest BCUT2D eigenvalue weighted by Gasteiger charge is 2.27. The summed E-state index contributed by atoms with van der Waals surface area (Å²) >= 11 is 0. The van der Waals surface area contributed by atoms with Gasteiger partial charge in [0.15, 0.2) is 11.5 Å². The number of benzene rings is 3. The predicted molar refractivity (Wildman–Crippen MR) is 133 cm³/mol. The van der Waals surface area contributed by atoms with Gasteiger partial charge in [-0.3, -0.25) is 4.79 Å². The number of carbonyl (C=O) groups is 1. The molecule has 0 bridgehead atoms. The first kappa shape index (κ1) is 24.0. The fourth-order valence-electron chi connectivity index (χ4n) is 4.39. The molecule has 0 atom stereocenters. The summed E-state index contributed by atoms with van der Waals surface area (Å²) in [6, 6.07) is 17.6. The molecule has 34 heavy (non-hydrogen) atoms. The van der Waals surface area contributed by atoms with E-state index in [1.54, 1.807) is 14.2 Å². The number of sulfonamides is 1. The molecule has 1 aliphatic heterocycles. The molecule has 1 aliphatic rings. The summed E-state index contributed by atoms with van der Waals surface area (Å²) in [4.78, 5) is 12.4. The van der Waals surface area contributed by atoms with Gasteiger partial charge in [-0.1, -0.05) is 42.5 Å². The van der Waals surface area contributed by atoms with E-state index in [-0.39, 0.29) is 18.1 Å². The number of nitrogens with one attached hydrogen (secondary N) is 1. The molecule has 7 nitrogen and oxygen atoms in total. The van der Waals surface area contributed by atoms with Crippen molar-refractivity contribution in [1.29, 1.82) is 0 Å². The number of methoxy groups -OCH3 is 2. The van der Waals surface area contributed by atoms with Crippen LogP contribution < -0.4 is 14.8 Å². The van der Waals surface area contributed by atoms with Crippen molar-refractivity contribution in [2.45, 2.75) is 25.8 Å². The number of fused-ring (bicyclic) bond motifs is 2. The van der Waals surface area contributed by atoms with E-state index in [9.17, 15) is 13.2 Å². The number of hydrogen-bond donors (Lipinski definition) is 1. The Balaban J connectivity index is 1.29. The van der Waals surface area contributed by atoms with Gasteiger partial charge >= 0.3 is 0 Å². The van der Waals surface area contributed by atoms with Gasteiger partial charge in [0, 0.05) is 19.6 Å². The third-order valence-electron chi connectivity index (χ3n) is 6.21. The molecule has 180 valence electrons. The van der Waals surface area contributed by atoms with Crippen molar-refractivity contribution in [1.82, 2.24) is 9.62 Å². The summed E-state index contributed by atoms with van der Waals surface area (Å²) < 4.78 is 38.0. The number of rotatable bonds is 9. The quantitative estimate of drug-likeness (QED) is 0.473. The van der Waals surface area contributed by atoms with Crippen molar-refractivity contribution in [2.24, 2.45) is 0 Å².